The maximum absolute atomic E-state index is 12.5. The van der Waals surface area contributed by atoms with Gasteiger partial charge >= 0.3 is 5.97 Å². The predicted octanol–water partition coefficient (Wildman–Crippen LogP) is 0.705. The van der Waals surface area contributed by atoms with E-state index in [2.05, 4.69) is 47.6 Å². The summed E-state index contributed by atoms with van der Waals surface area (Å²) in [7, 11) is 0. The number of hydrogen-bond acceptors (Lipinski definition) is 17. The van der Waals surface area contributed by atoms with Gasteiger partial charge in [0.2, 0.25) is 0 Å². The minimum atomic E-state index is -2.07. The van der Waals surface area contributed by atoms with Gasteiger partial charge in [0.15, 0.2) is 25.0 Å². The molecule has 3 heterocycles. The number of carbonyl (C=O) groups is 1. The van der Waals surface area contributed by atoms with Crippen molar-refractivity contribution >= 4 is 5.97 Å². The van der Waals surface area contributed by atoms with Crippen LogP contribution in [0.25, 0.3) is 0 Å². The Morgan fingerprint density at radius 2 is 1.30 bits per heavy atom. The number of hydrogen-bond donors (Lipinski definition) is 11. The van der Waals surface area contributed by atoms with E-state index in [1.54, 1.807) is 0 Å². The summed E-state index contributed by atoms with van der Waals surface area (Å²) in [5, 5.41) is 120. The molecular weight excluding hydrogens is 865 g/mol. The number of fused-ring (bicyclic) bond motifs is 7. The summed E-state index contributed by atoms with van der Waals surface area (Å²) < 4.78 is 36.2. The van der Waals surface area contributed by atoms with Gasteiger partial charge in [0.1, 0.15) is 61.0 Å². The van der Waals surface area contributed by atoms with E-state index < -0.39 is 116 Å². The van der Waals surface area contributed by atoms with Gasteiger partial charge in [-0.05, 0) is 104 Å². The van der Waals surface area contributed by atoms with Crippen molar-refractivity contribution in [3.05, 3.63) is 11.6 Å². The third-order valence-corrected chi connectivity index (χ3v) is 19.5. The quantitative estimate of drug-likeness (QED) is 0.112. The van der Waals surface area contributed by atoms with E-state index in [9.17, 15) is 61.0 Å². The first kappa shape index (κ1) is 50.9. The highest BCUT2D eigenvalue weighted by Gasteiger charge is 2.70. The van der Waals surface area contributed by atoms with Gasteiger partial charge in [-0.15, -0.1) is 0 Å². The van der Waals surface area contributed by atoms with Gasteiger partial charge in [-0.3, -0.25) is 0 Å². The Hall–Kier alpha value is -1.43. The first-order chi connectivity index (χ1) is 30.7. The zero-order valence-corrected chi connectivity index (χ0v) is 39.7. The molecule has 0 amide bonds. The maximum atomic E-state index is 12.5. The van der Waals surface area contributed by atoms with Gasteiger partial charge in [0.05, 0.1) is 31.5 Å². The molecule has 18 heteroatoms. The summed E-state index contributed by atoms with van der Waals surface area (Å²) in [6, 6.07) is 0. The molecule has 3 saturated heterocycles. The van der Waals surface area contributed by atoms with E-state index in [1.807, 2.05) is 6.92 Å². The lowest BCUT2D eigenvalue weighted by Crippen LogP contribution is -2.68. The molecule has 9 unspecified atom stereocenters. The van der Waals surface area contributed by atoms with Crippen molar-refractivity contribution in [2.24, 2.45) is 50.2 Å². The molecule has 8 rings (SSSR count). The van der Waals surface area contributed by atoms with Crippen molar-refractivity contribution in [3.63, 3.8) is 0 Å². The van der Waals surface area contributed by atoms with Crippen LogP contribution in [0.5, 0.6) is 0 Å². The molecular formula is C48H78O18. The number of aliphatic carboxylic acids is 1. The van der Waals surface area contributed by atoms with Crippen LogP contribution < -0.4 is 0 Å². The molecule has 66 heavy (non-hydrogen) atoms. The molecule has 11 N–H and O–H groups in total. The topological polar surface area (TPSA) is 295 Å². The Balaban J connectivity index is 1.08. The number of rotatable bonds is 9. The molecule has 0 aromatic rings. The summed E-state index contributed by atoms with van der Waals surface area (Å²) in [5.74, 6) is -1.16. The molecule has 5 aliphatic carbocycles. The zero-order chi connectivity index (χ0) is 48.4. The number of carboxylic acid groups (broad SMARTS) is 1. The molecule has 0 spiro atoms. The van der Waals surface area contributed by atoms with Crippen molar-refractivity contribution in [3.8, 4) is 0 Å². The van der Waals surface area contributed by atoms with Gasteiger partial charge in [0.25, 0.3) is 0 Å². The van der Waals surface area contributed by atoms with Crippen LogP contribution >= 0.6 is 0 Å². The average molecular weight is 943 g/mol. The van der Waals surface area contributed by atoms with E-state index in [1.165, 1.54) is 12.5 Å². The highest BCUT2D eigenvalue weighted by atomic mass is 16.8. The molecule has 8 aliphatic rings. The van der Waals surface area contributed by atoms with Crippen LogP contribution in [0.4, 0.5) is 0 Å². The van der Waals surface area contributed by atoms with Gasteiger partial charge in [0, 0.05) is 10.8 Å². The fourth-order valence-corrected chi connectivity index (χ4v) is 15.1. The molecule has 4 saturated carbocycles. The van der Waals surface area contributed by atoms with Crippen LogP contribution in [-0.4, -0.2) is 180 Å². The molecule has 0 aromatic heterocycles. The fraction of sp³-hybridized carbons (Fsp3) is 0.938. The standard InChI is InChI=1S/C48H78O18/c1-21-29(52)31(54)35(58)40(61-21)65-37-32(55)30(53)24(19-49)62-41(37)66-38-34(57)33(56)36(39(59)60)64-42(38)63-28-12-13-45(5)25(46(28,6)20-50)11-14-48(8)26(45)10-9-22-23-17-43(2,3)18-27(51)44(23,4)15-16-47(22,48)7/h9,21,23-38,40-42,49-58H,10-20H2,1-8H3,(H,59,60)/t21?,23?,24?,25?,26?,27-,28+,29+,30+,31?,32?,33+,34?,35+,36?,37+,38+,40+,41+,42-,44-,45+,46-,47-,48-/m1/s1. The second-order valence-corrected chi connectivity index (χ2v) is 23.6. The fourth-order valence-electron chi connectivity index (χ4n) is 15.1. The summed E-state index contributed by atoms with van der Waals surface area (Å²) in [6.07, 6.45) is -17.6. The van der Waals surface area contributed by atoms with Crippen LogP contribution in [0, 0.1) is 50.2 Å². The van der Waals surface area contributed by atoms with Crippen LogP contribution in [0.3, 0.4) is 0 Å². The van der Waals surface area contributed by atoms with E-state index >= 15 is 0 Å². The maximum Gasteiger partial charge on any atom is 0.335 e. The SMILES string of the molecule is CC1O[C@@H](O[C@H]2C(O)[C@@H](O)C(CO)O[C@H]2O[C@H]2C(O)[C@H](O)C(C(=O)O)O[C@H]2O[C@H]2CC[C@@]3(C)C(CC[C@]4(C)C3CC=C3C5CC(C)(C)C[C@@H](O)[C@]5(C)CC[C@]34C)[C@@]2(C)CO)[C@@H](O)C(O)[C@H]1O. The van der Waals surface area contributed by atoms with Gasteiger partial charge in [-0.25, -0.2) is 4.79 Å². The molecule has 7 fully saturated rings. The van der Waals surface area contributed by atoms with Crippen LogP contribution in [0.2, 0.25) is 0 Å². The first-order valence-electron chi connectivity index (χ1n) is 24.3. The van der Waals surface area contributed by atoms with Gasteiger partial charge in [-0.1, -0.05) is 60.1 Å². The van der Waals surface area contributed by atoms with Gasteiger partial charge < -0.3 is 84.6 Å². The lowest BCUT2D eigenvalue weighted by Gasteiger charge is -2.72. The zero-order valence-electron chi connectivity index (χ0n) is 39.7. The number of ether oxygens (including phenoxy) is 6. The normalized spacial score (nSPS) is 55.9. The van der Waals surface area contributed by atoms with Crippen molar-refractivity contribution in [2.45, 2.75) is 218 Å². The first-order valence-corrected chi connectivity index (χ1v) is 24.3. The highest BCUT2D eigenvalue weighted by Crippen LogP contribution is 2.76. The minimum Gasteiger partial charge on any atom is -0.479 e. The largest absolute Gasteiger partial charge is 0.479 e. The predicted molar refractivity (Wildman–Crippen MR) is 231 cm³/mol. The van der Waals surface area contributed by atoms with Crippen molar-refractivity contribution < 1.29 is 89.4 Å². The molecule has 18 nitrogen and oxygen atoms in total. The van der Waals surface area contributed by atoms with Crippen LogP contribution in [0.15, 0.2) is 11.6 Å². The van der Waals surface area contributed by atoms with Gasteiger partial charge in [-0.2, -0.15) is 0 Å². The molecule has 0 aromatic carbocycles. The molecule has 25 atom stereocenters. The lowest BCUT2D eigenvalue weighted by atomic mass is 9.33. The number of aliphatic hydroxyl groups excluding tert-OH is 10. The van der Waals surface area contributed by atoms with E-state index in [0.29, 0.717) is 12.8 Å². The average Bonchev–Trinajstić information content (AvgIpc) is 3.25. The Kier molecular flexibility index (Phi) is 13.7. The summed E-state index contributed by atoms with van der Waals surface area (Å²) in [4.78, 5) is 12.5. The molecule has 0 radical (unpaired) electrons. The van der Waals surface area contributed by atoms with Crippen molar-refractivity contribution in [1.82, 2.24) is 0 Å². The monoisotopic (exact) mass is 943 g/mol. The number of allylic oxidation sites excluding steroid dienone is 2. The van der Waals surface area contributed by atoms with Crippen molar-refractivity contribution in [1.29, 1.82) is 0 Å². The summed E-state index contributed by atoms with van der Waals surface area (Å²) in [6.45, 7) is 16.3. The van der Waals surface area contributed by atoms with E-state index in [-0.39, 0.29) is 57.5 Å². The second-order valence-electron chi connectivity index (χ2n) is 23.6. The minimum absolute atomic E-state index is 0.0166. The number of aliphatic hydroxyl groups is 10. The molecule has 0 bridgehead atoms. The Morgan fingerprint density at radius 3 is 1.94 bits per heavy atom. The summed E-state index contributed by atoms with van der Waals surface area (Å²) >= 11 is 0. The Labute approximate surface area is 387 Å². The second kappa shape index (κ2) is 17.7. The van der Waals surface area contributed by atoms with Crippen LogP contribution in [0.1, 0.15) is 113 Å². The Bertz CT molecular complexity index is 1820. The van der Waals surface area contributed by atoms with E-state index in [0.717, 1.165) is 44.9 Å². The lowest BCUT2D eigenvalue weighted by molar-refractivity contribution is -0.396. The third kappa shape index (κ3) is 7.78. The molecule has 3 aliphatic heterocycles. The molecule has 378 valence electrons. The van der Waals surface area contributed by atoms with Crippen LogP contribution in [-0.2, 0) is 33.2 Å². The third-order valence-electron chi connectivity index (χ3n) is 19.5. The van der Waals surface area contributed by atoms with E-state index in [4.69, 9.17) is 28.4 Å². The van der Waals surface area contributed by atoms with Crippen molar-refractivity contribution in [2.75, 3.05) is 13.2 Å². The smallest absolute Gasteiger partial charge is 0.335 e. The number of carboxylic acids is 1. The Morgan fingerprint density at radius 1 is 0.667 bits per heavy atom. The highest BCUT2D eigenvalue weighted by molar-refractivity contribution is 5.73. The summed E-state index contributed by atoms with van der Waals surface area (Å²) in [5.41, 5.74) is -0.0545.